The number of carbonyl (C=O) groups excluding carboxylic acids is 1. The van der Waals surface area contributed by atoms with E-state index in [9.17, 15) is 18.0 Å². The Labute approximate surface area is 130 Å². The summed E-state index contributed by atoms with van der Waals surface area (Å²) < 4.78 is 53.7. The summed E-state index contributed by atoms with van der Waals surface area (Å²) in [5, 5.41) is 0. The van der Waals surface area contributed by atoms with Gasteiger partial charge in [0.1, 0.15) is 0 Å². The summed E-state index contributed by atoms with van der Waals surface area (Å²) in [6.45, 7) is 0. The monoisotopic (exact) mass is 323 g/mol. The SMILES string of the molecule is CN1C(=O)C(F)(Cc2cccc(C(F)(F)F)c2)c2ccccc21. The van der Waals surface area contributed by atoms with Crippen molar-refractivity contribution < 1.29 is 22.4 Å². The standard InChI is InChI=1S/C17H13F4NO/c1-22-14-8-3-2-7-13(14)16(18,15(22)23)10-11-5-4-6-12(9-11)17(19,20)21/h2-9H,10H2,1H3. The van der Waals surface area contributed by atoms with E-state index in [4.69, 9.17) is 0 Å². The van der Waals surface area contributed by atoms with E-state index in [2.05, 4.69) is 0 Å². The zero-order valence-electron chi connectivity index (χ0n) is 12.2. The Morgan fingerprint density at radius 3 is 2.48 bits per heavy atom. The summed E-state index contributed by atoms with van der Waals surface area (Å²) in [5.74, 6) is -0.767. The molecule has 23 heavy (non-hydrogen) atoms. The average Bonchev–Trinajstić information content (AvgIpc) is 2.69. The van der Waals surface area contributed by atoms with Crippen LogP contribution >= 0.6 is 0 Å². The third-order valence-corrected chi connectivity index (χ3v) is 4.04. The summed E-state index contributed by atoms with van der Waals surface area (Å²) in [5.41, 5.74) is -2.46. The maximum absolute atomic E-state index is 15.4. The third-order valence-electron chi connectivity index (χ3n) is 4.04. The number of benzene rings is 2. The fraction of sp³-hybridized carbons (Fsp3) is 0.235. The Morgan fingerprint density at radius 1 is 1.09 bits per heavy atom. The van der Waals surface area contributed by atoms with E-state index in [-0.39, 0.29) is 11.1 Å². The Bertz CT molecular complexity index is 771. The minimum absolute atomic E-state index is 0.126. The molecule has 1 heterocycles. The van der Waals surface area contributed by atoms with E-state index in [0.717, 1.165) is 12.1 Å². The van der Waals surface area contributed by atoms with E-state index in [1.807, 2.05) is 0 Å². The lowest BCUT2D eigenvalue weighted by atomic mass is 9.89. The zero-order chi connectivity index (χ0) is 16.8. The molecule has 0 N–H and O–H groups in total. The van der Waals surface area contributed by atoms with Crippen molar-refractivity contribution in [3.63, 3.8) is 0 Å². The van der Waals surface area contributed by atoms with Crippen LogP contribution in [0.1, 0.15) is 16.7 Å². The molecule has 0 saturated carbocycles. The van der Waals surface area contributed by atoms with Gasteiger partial charge in [-0.15, -0.1) is 0 Å². The molecule has 0 spiro atoms. The van der Waals surface area contributed by atoms with Crippen LogP contribution < -0.4 is 4.90 Å². The number of halogens is 4. The Morgan fingerprint density at radius 2 is 1.78 bits per heavy atom. The molecule has 0 radical (unpaired) electrons. The van der Waals surface area contributed by atoms with E-state index in [1.54, 1.807) is 18.2 Å². The van der Waals surface area contributed by atoms with Crippen LogP contribution in [0.3, 0.4) is 0 Å². The molecule has 1 aliphatic heterocycles. The van der Waals surface area contributed by atoms with E-state index < -0.39 is 29.7 Å². The second kappa shape index (κ2) is 5.08. The van der Waals surface area contributed by atoms with Crippen LogP contribution in [0.15, 0.2) is 48.5 Å². The van der Waals surface area contributed by atoms with Gasteiger partial charge in [-0.2, -0.15) is 13.2 Å². The summed E-state index contributed by atoms with van der Waals surface area (Å²) >= 11 is 0. The van der Waals surface area contributed by atoms with Crippen molar-refractivity contribution >= 4 is 11.6 Å². The number of para-hydroxylation sites is 1. The van der Waals surface area contributed by atoms with Crippen molar-refractivity contribution in [3.8, 4) is 0 Å². The smallest absolute Gasteiger partial charge is 0.312 e. The highest BCUT2D eigenvalue weighted by atomic mass is 19.4. The molecule has 0 bridgehead atoms. The minimum Gasteiger partial charge on any atom is -0.312 e. The number of hydrogen-bond acceptors (Lipinski definition) is 1. The number of likely N-dealkylation sites (N-methyl/N-ethyl adjacent to an activating group) is 1. The molecule has 0 aliphatic carbocycles. The highest BCUT2D eigenvalue weighted by Gasteiger charge is 2.50. The van der Waals surface area contributed by atoms with Crippen LogP contribution in [0.4, 0.5) is 23.2 Å². The molecule has 1 amide bonds. The van der Waals surface area contributed by atoms with Crippen molar-refractivity contribution in [2.45, 2.75) is 18.3 Å². The number of anilines is 1. The fourth-order valence-electron chi connectivity index (χ4n) is 2.90. The summed E-state index contributed by atoms with van der Waals surface area (Å²) in [6, 6.07) is 10.8. The van der Waals surface area contributed by atoms with Gasteiger partial charge in [-0.3, -0.25) is 4.79 Å². The number of alkyl halides is 4. The second-order valence-corrected chi connectivity index (χ2v) is 5.56. The van der Waals surface area contributed by atoms with Gasteiger partial charge in [0.2, 0.25) is 5.67 Å². The van der Waals surface area contributed by atoms with E-state index >= 15 is 4.39 Å². The zero-order valence-corrected chi connectivity index (χ0v) is 12.2. The highest BCUT2D eigenvalue weighted by molar-refractivity contribution is 6.06. The number of nitrogens with zero attached hydrogens (tertiary/aromatic N) is 1. The maximum atomic E-state index is 15.4. The molecule has 2 nitrogen and oxygen atoms in total. The van der Waals surface area contributed by atoms with Gasteiger partial charge < -0.3 is 4.90 Å². The van der Waals surface area contributed by atoms with Crippen LogP contribution in [-0.4, -0.2) is 13.0 Å². The second-order valence-electron chi connectivity index (χ2n) is 5.56. The number of carbonyl (C=O) groups is 1. The molecule has 3 rings (SSSR count). The lowest BCUT2D eigenvalue weighted by molar-refractivity contribution is -0.137. The van der Waals surface area contributed by atoms with Gasteiger partial charge >= 0.3 is 6.18 Å². The highest BCUT2D eigenvalue weighted by Crippen LogP contribution is 2.44. The minimum atomic E-state index is -4.51. The molecular formula is C17H13F4NO. The quantitative estimate of drug-likeness (QED) is 0.762. The van der Waals surface area contributed by atoms with Crippen molar-refractivity contribution in [2.75, 3.05) is 11.9 Å². The molecule has 1 aliphatic rings. The maximum Gasteiger partial charge on any atom is 0.416 e. The van der Waals surface area contributed by atoms with Crippen LogP contribution in [-0.2, 0) is 23.1 Å². The molecule has 1 unspecified atom stereocenters. The Hall–Kier alpha value is -2.37. The number of rotatable bonds is 2. The first-order chi connectivity index (χ1) is 10.7. The number of hydrogen-bond donors (Lipinski definition) is 0. The number of fused-ring (bicyclic) bond motifs is 1. The van der Waals surface area contributed by atoms with Gasteiger partial charge in [0.05, 0.1) is 11.3 Å². The van der Waals surface area contributed by atoms with Gasteiger partial charge in [0.25, 0.3) is 5.91 Å². The van der Waals surface area contributed by atoms with Gasteiger partial charge in [0.15, 0.2) is 0 Å². The topological polar surface area (TPSA) is 20.3 Å². The van der Waals surface area contributed by atoms with Crippen LogP contribution in [0.5, 0.6) is 0 Å². The summed E-state index contributed by atoms with van der Waals surface area (Å²) in [7, 11) is 1.45. The molecular weight excluding hydrogens is 310 g/mol. The van der Waals surface area contributed by atoms with E-state index in [0.29, 0.717) is 5.69 Å². The molecule has 120 valence electrons. The lowest BCUT2D eigenvalue weighted by Crippen LogP contribution is -2.36. The largest absolute Gasteiger partial charge is 0.416 e. The predicted octanol–water partition coefficient (Wildman–Crippen LogP) is 4.09. The summed E-state index contributed by atoms with van der Waals surface area (Å²) in [4.78, 5) is 13.5. The van der Waals surface area contributed by atoms with Crippen molar-refractivity contribution in [2.24, 2.45) is 0 Å². The third kappa shape index (κ3) is 2.48. The summed E-state index contributed by atoms with van der Waals surface area (Å²) in [6.07, 6.45) is -4.94. The predicted molar refractivity (Wildman–Crippen MR) is 77.8 cm³/mol. The lowest BCUT2D eigenvalue weighted by Gasteiger charge is -2.20. The van der Waals surface area contributed by atoms with Gasteiger partial charge in [-0.25, -0.2) is 4.39 Å². The normalized spacial score (nSPS) is 20.7. The van der Waals surface area contributed by atoms with Crippen molar-refractivity contribution in [3.05, 3.63) is 65.2 Å². The van der Waals surface area contributed by atoms with Crippen LogP contribution in [0.25, 0.3) is 0 Å². The molecule has 0 saturated heterocycles. The first-order valence-corrected chi connectivity index (χ1v) is 6.96. The first-order valence-electron chi connectivity index (χ1n) is 6.96. The molecule has 0 aromatic heterocycles. The average molecular weight is 323 g/mol. The molecule has 2 aromatic rings. The van der Waals surface area contributed by atoms with Crippen LogP contribution in [0.2, 0.25) is 0 Å². The fourth-order valence-corrected chi connectivity index (χ4v) is 2.90. The molecule has 2 aromatic carbocycles. The molecule has 1 atom stereocenters. The Kier molecular flexibility index (Phi) is 3.43. The van der Waals surface area contributed by atoms with Gasteiger partial charge in [-0.1, -0.05) is 36.4 Å². The molecule has 6 heteroatoms. The van der Waals surface area contributed by atoms with Crippen molar-refractivity contribution in [1.29, 1.82) is 0 Å². The van der Waals surface area contributed by atoms with Gasteiger partial charge in [0, 0.05) is 19.0 Å². The van der Waals surface area contributed by atoms with E-state index in [1.165, 1.54) is 30.1 Å². The van der Waals surface area contributed by atoms with Crippen LogP contribution in [0, 0.1) is 0 Å². The first kappa shape index (κ1) is 15.5. The van der Waals surface area contributed by atoms with Gasteiger partial charge in [-0.05, 0) is 17.7 Å². The number of amides is 1. The Balaban J connectivity index is 2.01. The molecule has 0 fully saturated rings. The van der Waals surface area contributed by atoms with Crippen molar-refractivity contribution in [1.82, 2.24) is 0 Å².